The van der Waals surface area contributed by atoms with Crippen molar-refractivity contribution in [2.45, 2.75) is 137 Å². The number of carbonyl (C=O) groups is 1. The third kappa shape index (κ3) is 8.99. The van der Waals surface area contributed by atoms with Crippen LogP contribution in [0, 0.1) is 38.5 Å². The van der Waals surface area contributed by atoms with E-state index in [0.29, 0.717) is 0 Å². The van der Waals surface area contributed by atoms with Crippen LogP contribution >= 0.6 is 11.8 Å². The maximum absolute atomic E-state index is 12.4. The minimum atomic E-state index is -0.0879. The predicted octanol–water partition coefficient (Wildman–Crippen LogP) is 9.91. The molecule has 1 aliphatic heterocycles. The van der Waals surface area contributed by atoms with Crippen LogP contribution in [-0.2, 0) is 6.42 Å². The molecule has 2 rings (SSSR count). The number of benzene rings is 1. The van der Waals surface area contributed by atoms with Crippen LogP contribution in [0.4, 0.5) is 4.79 Å². The van der Waals surface area contributed by atoms with Crippen molar-refractivity contribution in [1.29, 1.82) is 0 Å². The van der Waals surface area contributed by atoms with Gasteiger partial charge in [0.25, 0.3) is 5.24 Å². The van der Waals surface area contributed by atoms with Crippen LogP contribution in [0.5, 0.6) is 5.75 Å². The summed E-state index contributed by atoms with van der Waals surface area (Å²) in [5.41, 5.74) is 4.83. The van der Waals surface area contributed by atoms with E-state index in [1.54, 1.807) is 4.90 Å². The molecule has 0 aromatic heterocycles. The molecule has 0 saturated heterocycles. The van der Waals surface area contributed by atoms with Gasteiger partial charge in [-0.25, -0.2) is 0 Å². The summed E-state index contributed by atoms with van der Waals surface area (Å²) in [7, 11) is 3.63. The van der Waals surface area contributed by atoms with Crippen molar-refractivity contribution in [3.05, 3.63) is 22.3 Å². The molecule has 0 N–H and O–H groups in total. The number of hydrogen-bond acceptors (Lipinski definition) is 3. The van der Waals surface area contributed by atoms with Gasteiger partial charge in [0.2, 0.25) is 0 Å². The lowest BCUT2D eigenvalue weighted by Gasteiger charge is -2.38. The molecular weight excluding hydrogens is 462 g/mol. The van der Waals surface area contributed by atoms with Crippen molar-refractivity contribution in [3.8, 4) is 5.75 Å². The van der Waals surface area contributed by atoms with Crippen molar-refractivity contribution in [2.24, 2.45) is 17.8 Å². The third-order valence-electron chi connectivity index (χ3n) is 8.39. The second kappa shape index (κ2) is 14.1. The van der Waals surface area contributed by atoms with Gasteiger partial charge in [0, 0.05) is 19.0 Å². The molecule has 0 radical (unpaired) electrons. The zero-order valence-corrected chi connectivity index (χ0v) is 26.0. The molecular formula is C32H55NO2S. The van der Waals surface area contributed by atoms with Crippen LogP contribution in [0.3, 0.4) is 0 Å². The normalized spacial score (nSPS) is 19.1. The average molecular weight is 518 g/mol. The van der Waals surface area contributed by atoms with Gasteiger partial charge in [0.15, 0.2) is 0 Å². The summed E-state index contributed by atoms with van der Waals surface area (Å²) >= 11 is 1.35. The van der Waals surface area contributed by atoms with Crippen molar-refractivity contribution in [3.63, 3.8) is 0 Å². The molecule has 0 unspecified atom stereocenters. The van der Waals surface area contributed by atoms with Crippen molar-refractivity contribution < 1.29 is 9.53 Å². The van der Waals surface area contributed by atoms with E-state index in [2.05, 4.69) is 55.4 Å². The van der Waals surface area contributed by atoms with Gasteiger partial charge in [-0.15, -0.1) is 0 Å². The SMILES string of the molecule is Cc1c(C)c(SC(=O)N(C)C)c(C)c2c1O[C@](C)(CCC[C@H](C)CCC[C@H](C)CCCC(C)C)CC2. The van der Waals surface area contributed by atoms with E-state index in [1.165, 1.54) is 85.4 Å². The number of thioether (sulfide) groups is 1. The number of amides is 1. The van der Waals surface area contributed by atoms with Gasteiger partial charge in [-0.05, 0) is 105 Å². The molecule has 0 spiro atoms. The minimum absolute atomic E-state index is 0.0804. The molecule has 1 heterocycles. The Labute approximate surface area is 227 Å². The van der Waals surface area contributed by atoms with Crippen LogP contribution < -0.4 is 4.74 Å². The van der Waals surface area contributed by atoms with Crippen molar-refractivity contribution in [1.82, 2.24) is 4.90 Å². The molecule has 4 heteroatoms. The van der Waals surface area contributed by atoms with E-state index in [-0.39, 0.29) is 10.8 Å². The summed E-state index contributed by atoms with van der Waals surface area (Å²) in [6.07, 6.45) is 14.0. The number of ether oxygens (including phenoxy) is 1. The number of fused-ring (bicyclic) bond motifs is 1. The van der Waals surface area contributed by atoms with Crippen LogP contribution in [0.2, 0.25) is 0 Å². The Morgan fingerprint density at radius 2 is 1.44 bits per heavy atom. The van der Waals surface area contributed by atoms with E-state index in [0.717, 1.165) is 47.7 Å². The van der Waals surface area contributed by atoms with Crippen LogP contribution in [0.1, 0.15) is 121 Å². The van der Waals surface area contributed by atoms with Crippen LogP contribution in [0.25, 0.3) is 0 Å². The van der Waals surface area contributed by atoms with Gasteiger partial charge in [-0.1, -0.05) is 72.6 Å². The van der Waals surface area contributed by atoms with Crippen molar-refractivity contribution >= 4 is 17.0 Å². The van der Waals surface area contributed by atoms with E-state index in [4.69, 9.17) is 4.74 Å². The summed E-state index contributed by atoms with van der Waals surface area (Å²) < 4.78 is 6.76. The topological polar surface area (TPSA) is 29.5 Å². The van der Waals surface area contributed by atoms with Gasteiger partial charge in [-0.3, -0.25) is 4.79 Å². The lowest BCUT2D eigenvalue weighted by Crippen LogP contribution is -2.37. The van der Waals surface area contributed by atoms with Gasteiger partial charge in [0.1, 0.15) is 11.4 Å². The maximum atomic E-state index is 12.4. The van der Waals surface area contributed by atoms with Crippen LogP contribution in [0.15, 0.2) is 4.90 Å². The first-order valence-corrected chi connectivity index (χ1v) is 15.4. The summed E-state index contributed by atoms with van der Waals surface area (Å²) in [6.45, 7) is 18.3. The van der Waals surface area contributed by atoms with Crippen LogP contribution in [-0.4, -0.2) is 29.8 Å². The van der Waals surface area contributed by atoms with Gasteiger partial charge >= 0.3 is 0 Å². The fraction of sp³-hybridized carbons (Fsp3) is 0.781. The molecule has 0 aliphatic carbocycles. The fourth-order valence-electron chi connectivity index (χ4n) is 5.59. The Hall–Kier alpha value is -1.16. The molecule has 3 nitrogen and oxygen atoms in total. The molecule has 1 aromatic rings. The molecule has 36 heavy (non-hydrogen) atoms. The fourth-order valence-corrected chi connectivity index (χ4v) is 6.53. The number of hydrogen-bond donors (Lipinski definition) is 0. The maximum Gasteiger partial charge on any atom is 0.285 e. The third-order valence-corrected chi connectivity index (χ3v) is 9.75. The molecule has 3 atom stereocenters. The number of rotatable bonds is 13. The summed E-state index contributed by atoms with van der Waals surface area (Å²) in [5, 5.41) is 0.0804. The highest BCUT2D eigenvalue weighted by atomic mass is 32.2. The average Bonchev–Trinajstić information content (AvgIpc) is 2.79. The molecule has 0 fully saturated rings. The molecule has 0 saturated carbocycles. The van der Waals surface area contributed by atoms with E-state index in [9.17, 15) is 4.79 Å². The smallest absolute Gasteiger partial charge is 0.285 e. The summed E-state index contributed by atoms with van der Waals surface area (Å²) in [5.74, 6) is 3.60. The number of carbonyl (C=O) groups excluding carboxylic acids is 1. The summed E-state index contributed by atoms with van der Waals surface area (Å²) in [4.78, 5) is 15.2. The molecule has 1 aliphatic rings. The monoisotopic (exact) mass is 517 g/mol. The largest absolute Gasteiger partial charge is 0.487 e. The lowest BCUT2D eigenvalue weighted by molar-refractivity contribution is 0.0512. The van der Waals surface area contributed by atoms with Gasteiger partial charge in [-0.2, -0.15) is 0 Å². The summed E-state index contributed by atoms with van der Waals surface area (Å²) in [6, 6.07) is 0. The van der Waals surface area contributed by atoms with Crippen molar-refractivity contribution in [2.75, 3.05) is 14.1 Å². The Morgan fingerprint density at radius 1 is 0.889 bits per heavy atom. The Morgan fingerprint density at radius 3 is 2.00 bits per heavy atom. The first-order chi connectivity index (χ1) is 16.8. The van der Waals surface area contributed by atoms with Gasteiger partial charge in [0.05, 0.1) is 0 Å². The minimum Gasteiger partial charge on any atom is -0.487 e. The first kappa shape index (κ1) is 31.1. The second-order valence-electron chi connectivity index (χ2n) is 12.7. The number of nitrogens with zero attached hydrogens (tertiary/aromatic N) is 1. The highest BCUT2D eigenvalue weighted by Crippen LogP contribution is 2.45. The second-order valence-corrected chi connectivity index (χ2v) is 13.6. The first-order valence-electron chi connectivity index (χ1n) is 14.5. The zero-order chi connectivity index (χ0) is 27.0. The van der Waals surface area contributed by atoms with E-state index in [1.807, 2.05) is 14.1 Å². The Kier molecular flexibility index (Phi) is 12.2. The Bertz CT molecular complexity index is 862. The highest BCUT2D eigenvalue weighted by Gasteiger charge is 2.34. The highest BCUT2D eigenvalue weighted by molar-refractivity contribution is 8.13. The molecule has 206 valence electrons. The Balaban J connectivity index is 1.86. The van der Waals surface area contributed by atoms with E-state index < -0.39 is 0 Å². The standard InChI is InChI=1S/C32H55NO2S/c1-22(2)14-11-15-23(3)16-12-17-24(4)18-13-20-32(8)21-19-28-27(7)30(36-31(34)33(9)10)26(6)25(5)29(28)35-32/h22-24H,11-21H2,1-10H3/t23-,24-,32-/m1/s1. The predicted molar refractivity (Wildman–Crippen MR) is 158 cm³/mol. The van der Waals surface area contributed by atoms with E-state index >= 15 is 0 Å². The quantitative estimate of drug-likeness (QED) is 0.244. The molecule has 0 bridgehead atoms. The zero-order valence-electron chi connectivity index (χ0n) is 25.2. The lowest BCUT2D eigenvalue weighted by atomic mass is 9.84. The van der Waals surface area contributed by atoms with Gasteiger partial charge < -0.3 is 9.64 Å². The molecule has 1 amide bonds. The molecule has 1 aromatic carbocycles.